The van der Waals surface area contributed by atoms with Gasteiger partial charge in [0.05, 0.1) is 24.9 Å². The van der Waals surface area contributed by atoms with Crippen molar-refractivity contribution in [3.63, 3.8) is 0 Å². The van der Waals surface area contributed by atoms with Gasteiger partial charge in [-0.1, -0.05) is 17.7 Å². The van der Waals surface area contributed by atoms with Crippen molar-refractivity contribution >= 4 is 11.6 Å². The third-order valence-electron chi connectivity index (χ3n) is 2.82. The van der Waals surface area contributed by atoms with E-state index < -0.39 is 6.10 Å². The number of aliphatic hydroxyl groups is 1. The van der Waals surface area contributed by atoms with Gasteiger partial charge in [-0.3, -0.25) is 4.68 Å². The lowest BCUT2D eigenvalue weighted by Crippen LogP contribution is -2.04. The quantitative estimate of drug-likeness (QED) is 0.934. The number of halogens is 1. The van der Waals surface area contributed by atoms with Crippen LogP contribution in [0.5, 0.6) is 11.5 Å². The molecule has 0 aliphatic rings. The molecule has 1 heterocycles. The third-order valence-corrected chi connectivity index (χ3v) is 3.21. The maximum atomic E-state index is 10.3. The lowest BCUT2D eigenvalue weighted by molar-refractivity contribution is 0.213. The summed E-state index contributed by atoms with van der Waals surface area (Å²) < 4.78 is 12.0. The van der Waals surface area contributed by atoms with Crippen molar-refractivity contribution in [3.05, 3.63) is 40.7 Å². The highest BCUT2D eigenvalue weighted by Crippen LogP contribution is 2.40. The number of aromatic nitrogens is 2. The Balaban J connectivity index is 2.45. The Labute approximate surface area is 116 Å². The summed E-state index contributed by atoms with van der Waals surface area (Å²) in [5.41, 5.74) is 1.05. The van der Waals surface area contributed by atoms with Crippen molar-refractivity contribution in [2.24, 2.45) is 7.05 Å². The molecule has 0 bridgehead atoms. The fourth-order valence-electron chi connectivity index (χ4n) is 1.85. The lowest BCUT2D eigenvalue weighted by atomic mass is 10.1. The van der Waals surface area contributed by atoms with E-state index in [4.69, 9.17) is 21.1 Å². The smallest absolute Gasteiger partial charge is 0.179 e. The average molecular weight is 283 g/mol. The summed E-state index contributed by atoms with van der Waals surface area (Å²) in [5, 5.41) is 14.8. The van der Waals surface area contributed by atoms with Gasteiger partial charge in [-0.15, -0.1) is 0 Å². The first kappa shape index (κ1) is 13.7. The van der Waals surface area contributed by atoms with Gasteiger partial charge < -0.3 is 14.6 Å². The molecule has 5 nitrogen and oxygen atoms in total. The Morgan fingerprint density at radius 1 is 1.26 bits per heavy atom. The van der Waals surface area contributed by atoms with Crippen LogP contribution in [0.3, 0.4) is 0 Å². The van der Waals surface area contributed by atoms with Crippen molar-refractivity contribution in [1.82, 2.24) is 9.78 Å². The number of nitrogens with zero attached hydrogens (tertiary/aromatic N) is 2. The number of hydrogen-bond donors (Lipinski definition) is 1. The maximum Gasteiger partial charge on any atom is 0.179 e. The first-order valence-electron chi connectivity index (χ1n) is 5.66. The second-order valence-corrected chi connectivity index (χ2v) is 4.40. The van der Waals surface area contributed by atoms with Crippen LogP contribution in [0.2, 0.25) is 5.02 Å². The van der Waals surface area contributed by atoms with Gasteiger partial charge in [0.15, 0.2) is 11.5 Å². The molecule has 1 aromatic heterocycles. The van der Waals surface area contributed by atoms with Crippen molar-refractivity contribution in [2.75, 3.05) is 14.2 Å². The minimum absolute atomic E-state index is 0.319. The zero-order chi connectivity index (χ0) is 14.0. The average Bonchev–Trinajstić information content (AvgIpc) is 2.84. The van der Waals surface area contributed by atoms with E-state index >= 15 is 0 Å². The number of aryl methyl sites for hydroxylation is 1. The van der Waals surface area contributed by atoms with E-state index in [9.17, 15) is 5.11 Å². The minimum Gasteiger partial charge on any atom is -0.493 e. The van der Waals surface area contributed by atoms with Gasteiger partial charge in [0.25, 0.3) is 0 Å². The third kappa shape index (κ3) is 2.52. The zero-order valence-corrected chi connectivity index (χ0v) is 11.7. The molecular formula is C13H15ClN2O3. The van der Waals surface area contributed by atoms with Gasteiger partial charge in [-0.05, 0) is 12.1 Å². The molecule has 19 heavy (non-hydrogen) atoms. The molecule has 0 aliphatic carbocycles. The van der Waals surface area contributed by atoms with Crippen molar-refractivity contribution in [1.29, 1.82) is 0 Å². The molecule has 2 aromatic rings. The second-order valence-electron chi connectivity index (χ2n) is 4.02. The van der Waals surface area contributed by atoms with Crippen LogP contribution in [0.1, 0.15) is 17.4 Å². The fraction of sp³-hybridized carbons (Fsp3) is 0.308. The number of benzene rings is 1. The Morgan fingerprint density at radius 3 is 2.53 bits per heavy atom. The molecule has 0 saturated carbocycles. The van der Waals surface area contributed by atoms with E-state index in [-0.39, 0.29) is 0 Å². The SMILES string of the molecule is COc1ccc(C(O)c2ccn(C)n2)c(Cl)c1OC. The van der Waals surface area contributed by atoms with E-state index in [1.807, 2.05) is 0 Å². The van der Waals surface area contributed by atoms with Crippen molar-refractivity contribution in [2.45, 2.75) is 6.10 Å². The molecule has 0 amide bonds. The van der Waals surface area contributed by atoms with Crippen LogP contribution in [0, 0.1) is 0 Å². The second kappa shape index (κ2) is 5.50. The van der Waals surface area contributed by atoms with Gasteiger partial charge in [-0.2, -0.15) is 5.10 Å². The van der Waals surface area contributed by atoms with Crippen LogP contribution in [-0.2, 0) is 7.05 Å². The van der Waals surface area contributed by atoms with Crippen LogP contribution in [0.15, 0.2) is 24.4 Å². The molecule has 1 N–H and O–H groups in total. The van der Waals surface area contributed by atoms with Gasteiger partial charge in [0, 0.05) is 18.8 Å². The van der Waals surface area contributed by atoms with Gasteiger partial charge in [-0.25, -0.2) is 0 Å². The molecule has 0 fully saturated rings. The zero-order valence-electron chi connectivity index (χ0n) is 10.9. The monoisotopic (exact) mass is 282 g/mol. The molecule has 1 atom stereocenters. The predicted octanol–water partition coefficient (Wildman–Crippen LogP) is 2.17. The maximum absolute atomic E-state index is 10.3. The Hall–Kier alpha value is -1.72. The Kier molecular flexibility index (Phi) is 3.97. The highest BCUT2D eigenvalue weighted by molar-refractivity contribution is 6.33. The van der Waals surface area contributed by atoms with Crippen LogP contribution in [0.4, 0.5) is 0 Å². The van der Waals surface area contributed by atoms with Gasteiger partial charge in [0.1, 0.15) is 6.10 Å². The topological polar surface area (TPSA) is 56.5 Å². The first-order chi connectivity index (χ1) is 9.08. The summed E-state index contributed by atoms with van der Waals surface area (Å²) in [6.45, 7) is 0. The van der Waals surface area contributed by atoms with Crippen LogP contribution < -0.4 is 9.47 Å². The number of aliphatic hydroxyl groups excluding tert-OH is 1. The van der Waals surface area contributed by atoms with E-state index in [1.54, 1.807) is 36.1 Å². The summed E-state index contributed by atoms with van der Waals surface area (Å²) in [4.78, 5) is 0. The Bertz CT molecular complexity index is 583. The van der Waals surface area contributed by atoms with E-state index in [1.165, 1.54) is 14.2 Å². The molecule has 1 aromatic carbocycles. The summed E-state index contributed by atoms with van der Waals surface area (Å²) >= 11 is 6.24. The lowest BCUT2D eigenvalue weighted by Gasteiger charge is -2.15. The number of rotatable bonds is 4. The van der Waals surface area contributed by atoms with Gasteiger partial charge in [0.2, 0.25) is 0 Å². The molecule has 0 spiro atoms. The highest BCUT2D eigenvalue weighted by atomic mass is 35.5. The molecule has 1 unspecified atom stereocenters. The summed E-state index contributed by atoms with van der Waals surface area (Å²) in [6, 6.07) is 5.13. The van der Waals surface area contributed by atoms with Crippen LogP contribution >= 0.6 is 11.6 Å². The predicted molar refractivity (Wildman–Crippen MR) is 71.8 cm³/mol. The molecule has 0 aliphatic heterocycles. The molecule has 0 saturated heterocycles. The van der Waals surface area contributed by atoms with E-state index in [0.717, 1.165) is 0 Å². The molecular weight excluding hydrogens is 268 g/mol. The number of methoxy groups -OCH3 is 2. The summed E-state index contributed by atoms with van der Waals surface area (Å²) in [5.74, 6) is 0.918. The largest absolute Gasteiger partial charge is 0.493 e. The molecule has 102 valence electrons. The van der Waals surface area contributed by atoms with Crippen LogP contribution in [-0.4, -0.2) is 29.1 Å². The van der Waals surface area contributed by atoms with Crippen molar-refractivity contribution in [3.8, 4) is 11.5 Å². The molecule has 2 rings (SSSR count). The van der Waals surface area contributed by atoms with Crippen molar-refractivity contribution < 1.29 is 14.6 Å². The summed E-state index contributed by atoms with van der Waals surface area (Å²) in [7, 11) is 4.82. The minimum atomic E-state index is -0.909. The van der Waals surface area contributed by atoms with E-state index in [2.05, 4.69) is 5.10 Å². The standard InChI is InChI=1S/C13H15ClN2O3/c1-16-7-6-9(15-16)12(17)8-4-5-10(18-2)13(19-3)11(8)14/h4-7,12,17H,1-3H3. The number of hydrogen-bond acceptors (Lipinski definition) is 4. The fourth-order valence-corrected chi connectivity index (χ4v) is 2.19. The van der Waals surface area contributed by atoms with Crippen LogP contribution in [0.25, 0.3) is 0 Å². The van der Waals surface area contributed by atoms with E-state index in [0.29, 0.717) is 27.8 Å². The highest BCUT2D eigenvalue weighted by Gasteiger charge is 2.21. The number of ether oxygens (including phenoxy) is 2. The molecule has 6 heteroatoms. The summed E-state index contributed by atoms with van der Waals surface area (Å²) in [6.07, 6.45) is 0.848. The Morgan fingerprint density at radius 2 is 2.00 bits per heavy atom. The van der Waals surface area contributed by atoms with Gasteiger partial charge >= 0.3 is 0 Å². The molecule has 0 radical (unpaired) electrons. The first-order valence-corrected chi connectivity index (χ1v) is 6.04. The normalized spacial score (nSPS) is 12.3.